The van der Waals surface area contributed by atoms with Crippen LogP contribution in [0.4, 0.5) is 0 Å². The number of rotatable bonds is 8. The van der Waals surface area contributed by atoms with Gasteiger partial charge < -0.3 is 14.3 Å². The molecule has 0 fully saturated rings. The molecule has 0 spiro atoms. The molecule has 6 nitrogen and oxygen atoms in total. The molecule has 2 heterocycles. The molecule has 0 saturated heterocycles. The van der Waals surface area contributed by atoms with E-state index in [0.717, 1.165) is 17.5 Å². The molecule has 0 aliphatic heterocycles. The van der Waals surface area contributed by atoms with Gasteiger partial charge in [-0.3, -0.25) is 9.59 Å². The molecule has 4 rings (SSSR count). The van der Waals surface area contributed by atoms with Gasteiger partial charge in [-0.15, -0.1) is 0 Å². The highest BCUT2D eigenvalue weighted by molar-refractivity contribution is 5.77. The summed E-state index contributed by atoms with van der Waals surface area (Å²) < 4.78 is 7.10. The van der Waals surface area contributed by atoms with E-state index in [2.05, 4.69) is 22.4 Å². The Morgan fingerprint density at radius 2 is 1.81 bits per heavy atom. The van der Waals surface area contributed by atoms with E-state index in [4.69, 9.17) is 4.42 Å². The van der Waals surface area contributed by atoms with E-state index < -0.39 is 0 Å². The maximum atomic E-state index is 13.2. The van der Waals surface area contributed by atoms with E-state index in [-0.39, 0.29) is 30.3 Å². The first-order valence-electron chi connectivity index (χ1n) is 10.5. The van der Waals surface area contributed by atoms with Crippen molar-refractivity contribution in [3.63, 3.8) is 0 Å². The van der Waals surface area contributed by atoms with Crippen LogP contribution in [-0.4, -0.2) is 15.5 Å². The first-order chi connectivity index (χ1) is 15.1. The van der Waals surface area contributed by atoms with Gasteiger partial charge in [-0.25, -0.2) is 4.98 Å². The maximum absolute atomic E-state index is 13.2. The Kier molecular flexibility index (Phi) is 6.26. The smallest absolute Gasteiger partial charge is 0.272 e. The molecule has 1 atom stereocenters. The van der Waals surface area contributed by atoms with E-state index in [0.29, 0.717) is 18.0 Å². The van der Waals surface area contributed by atoms with Gasteiger partial charge in [0.05, 0.1) is 23.3 Å². The number of aryl methyl sites for hydroxylation is 3. The maximum Gasteiger partial charge on any atom is 0.272 e. The second-order valence-corrected chi connectivity index (χ2v) is 7.54. The standard InChI is InChI=1S/C25H25N3O3/c1-18(23-12-7-17-31-23)26-24(29)14-13-21-25(30)28(16-15-19-8-3-2-4-9-19)22-11-6-5-10-20(22)27-21/h2-12,17-18H,13-16H2,1H3,(H,26,29). The van der Waals surface area contributed by atoms with Gasteiger partial charge in [0.15, 0.2) is 0 Å². The largest absolute Gasteiger partial charge is 0.467 e. The number of amides is 1. The van der Waals surface area contributed by atoms with Crippen molar-refractivity contribution < 1.29 is 9.21 Å². The monoisotopic (exact) mass is 415 g/mol. The highest BCUT2D eigenvalue weighted by atomic mass is 16.3. The van der Waals surface area contributed by atoms with Gasteiger partial charge in [0.2, 0.25) is 5.91 Å². The summed E-state index contributed by atoms with van der Waals surface area (Å²) in [6, 6.07) is 21.1. The second-order valence-electron chi connectivity index (χ2n) is 7.54. The quantitative estimate of drug-likeness (QED) is 0.471. The van der Waals surface area contributed by atoms with Gasteiger partial charge in [-0.2, -0.15) is 0 Å². The lowest BCUT2D eigenvalue weighted by atomic mass is 10.1. The number of carbonyl (C=O) groups is 1. The summed E-state index contributed by atoms with van der Waals surface area (Å²) in [5.74, 6) is 0.551. The molecule has 0 bridgehead atoms. The molecule has 6 heteroatoms. The Labute approximate surface area is 180 Å². The summed E-state index contributed by atoms with van der Waals surface area (Å²) in [4.78, 5) is 30.1. The van der Waals surface area contributed by atoms with Crippen LogP contribution >= 0.6 is 0 Å². The average Bonchev–Trinajstić information content (AvgIpc) is 3.33. The summed E-state index contributed by atoms with van der Waals surface area (Å²) in [7, 11) is 0. The number of aromatic nitrogens is 2. The first-order valence-corrected chi connectivity index (χ1v) is 10.5. The molecule has 1 unspecified atom stereocenters. The summed E-state index contributed by atoms with van der Waals surface area (Å²) in [5, 5.41) is 2.90. The number of para-hydroxylation sites is 2. The number of hydrogen-bond donors (Lipinski definition) is 1. The summed E-state index contributed by atoms with van der Waals surface area (Å²) in [6.45, 7) is 2.42. The number of hydrogen-bond acceptors (Lipinski definition) is 4. The minimum absolute atomic E-state index is 0.137. The highest BCUT2D eigenvalue weighted by Gasteiger charge is 2.15. The second kappa shape index (κ2) is 9.43. The minimum atomic E-state index is -0.227. The number of furan rings is 1. The molecule has 31 heavy (non-hydrogen) atoms. The van der Waals surface area contributed by atoms with Crippen LogP contribution in [0.15, 0.2) is 82.2 Å². The van der Waals surface area contributed by atoms with Crippen LogP contribution in [0, 0.1) is 0 Å². The van der Waals surface area contributed by atoms with Crippen LogP contribution in [0.1, 0.15) is 36.4 Å². The van der Waals surface area contributed by atoms with Crippen molar-refractivity contribution in [3.8, 4) is 0 Å². The lowest BCUT2D eigenvalue weighted by Gasteiger charge is -2.13. The van der Waals surface area contributed by atoms with E-state index in [1.807, 2.05) is 55.5 Å². The molecule has 0 aliphatic rings. The van der Waals surface area contributed by atoms with Gasteiger partial charge in [0.1, 0.15) is 11.5 Å². The topological polar surface area (TPSA) is 77.1 Å². The molecule has 1 amide bonds. The average molecular weight is 415 g/mol. The van der Waals surface area contributed by atoms with Gasteiger partial charge in [0, 0.05) is 19.4 Å². The summed E-state index contributed by atoms with van der Waals surface area (Å²) in [5.41, 5.74) is 3.01. The Hall–Kier alpha value is -3.67. The SMILES string of the molecule is CC(NC(=O)CCc1nc2ccccc2n(CCc2ccccc2)c1=O)c1ccco1. The molecule has 0 aliphatic carbocycles. The predicted octanol–water partition coefficient (Wildman–Crippen LogP) is 4.04. The van der Waals surface area contributed by atoms with Gasteiger partial charge in [-0.1, -0.05) is 42.5 Å². The van der Waals surface area contributed by atoms with Crippen molar-refractivity contribution in [3.05, 3.63) is 100 Å². The molecule has 0 radical (unpaired) electrons. The molecule has 2 aromatic carbocycles. The molecule has 2 aromatic heterocycles. The van der Waals surface area contributed by atoms with Gasteiger partial charge >= 0.3 is 0 Å². The zero-order valence-electron chi connectivity index (χ0n) is 17.5. The molecule has 4 aromatic rings. The molecule has 0 saturated carbocycles. The normalized spacial score (nSPS) is 12.0. The predicted molar refractivity (Wildman–Crippen MR) is 120 cm³/mol. The number of carbonyl (C=O) groups excluding carboxylic acids is 1. The third kappa shape index (κ3) is 4.91. The van der Waals surface area contributed by atoms with Crippen molar-refractivity contribution >= 4 is 16.9 Å². The molecule has 1 N–H and O–H groups in total. The highest BCUT2D eigenvalue weighted by Crippen LogP contribution is 2.14. The minimum Gasteiger partial charge on any atom is -0.467 e. The van der Waals surface area contributed by atoms with Crippen LogP contribution in [-0.2, 0) is 24.2 Å². The fraction of sp³-hybridized carbons (Fsp3) is 0.240. The summed E-state index contributed by atoms with van der Waals surface area (Å²) >= 11 is 0. The van der Waals surface area contributed by atoms with Crippen LogP contribution in [0.2, 0.25) is 0 Å². The lowest BCUT2D eigenvalue weighted by molar-refractivity contribution is -0.121. The van der Waals surface area contributed by atoms with Crippen molar-refractivity contribution in [1.82, 2.24) is 14.9 Å². The Morgan fingerprint density at radius 1 is 1.03 bits per heavy atom. The summed E-state index contributed by atoms with van der Waals surface area (Å²) in [6.07, 6.45) is 2.79. The zero-order chi connectivity index (χ0) is 21.6. The Morgan fingerprint density at radius 3 is 2.58 bits per heavy atom. The van der Waals surface area contributed by atoms with Crippen LogP contribution in [0.3, 0.4) is 0 Å². The van der Waals surface area contributed by atoms with E-state index in [1.165, 1.54) is 5.56 Å². The van der Waals surface area contributed by atoms with Crippen LogP contribution in [0.25, 0.3) is 11.0 Å². The Balaban J connectivity index is 1.51. The number of benzene rings is 2. The van der Waals surface area contributed by atoms with Crippen molar-refractivity contribution in [2.45, 2.75) is 38.8 Å². The van der Waals surface area contributed by atoms with E-state index in [9.17, 15) is 9.59 Å². The fourth-order valence-electron chi connectivity index (χ4n) is 3.67. The third-order valence-corrected chi connectivity index (χ3v) is 5.32. The number of fused-ring (bicyclic) bond motifs is 1. The Bertz CT molecular complexity index is 1210. The van der Waals surface area contributed by atoms with Crippen molar-refractivity contribution in [2.75, 3.05) is 0 Å². The lowest BCUT2D eigenvalue weighted by Crippen LogP contribution is -2.30. The van der Waals surface area contributed by atoms with Crippen molar-refractivity contribution in [2.24, 2.45) is 0 Å². The fourth-order valence-corrected chi connectivity index (χ4v) is 3.67. The van der Waals surface area contributed by atoms with Gasteiger partial charge in [0.25, 0.3) is 5.56 Å². The van der Waals surface area contributed by atoms with Gasteiger partial charge in [-0.05, 0) is 43.2 Å². The van der Waals surface area contributed by atoms with Crippen LogP contribution in [0.5, 0.6) is 0 Å². The van der Waals surface area contributed by atoms with E-state index >= 15 is 0 Å². The third-order valence-electron chi connectivity index (χ3n) is 5.32. The van der Waals surface area contributed by atoms with Crippen molar-refractivity contribution in [1.29, 1.82) is 0 Å². The van der Waals surface area contributed by atoms with E-state index in [1.54, 1.807) is 16.9 Å². The van der Waals surface area contributed by atoms with Crippen LogP contribution < -0.4 is 10.9 Å². The molecule has 158 valence electrons. The zero-order valence-corrected chi connectivity index (χ0v) is 17.5. The number of nitrogens with one attached hydrogen (secondary N) is 1. The molecular formula is C25H25N3O3. The number of nitrogens with zero attached hydrogens (tertiary/aromatic N) is 2. The molecular weight excluding hydrogens is 390 g/mol. The first kappa shape index (κ1) is 20.6.